The van der Waals surface area contributed by atoms with Crippen molar-refractivity contribution in [3.63, 3.8) is 0 Å². The Morgan fingerprint density at radius 3 is 1.80 bits per heavy atom. The van der Waals surface area contributed by atoms with Crippen LogP contribution in [0.5, 0.6) is 0 Å². The van der Waals surface area contributed by atoms with E-state index in [1.807, 2.05) is 0 Å². The first-order valence-corrected chi connectivity index (χ1v) is 3.04. The molecule has 0 aromatic carbocycles. The summed E-state index contributed by atoms with van der Waals surface area (Å²) >= 11 is 2.14. The van der Waals surface area contributed by atoms with E-state index in [0.29, 0.717) is 0 Å². The van der Waals surface area contributed by atoms with E-state index in [-0.39, 0.29) is 0 Å². The van der Waals surface area contributed by atoms with Crippen LogP contribution >= 0.6 is 0 Å². The van der Waals surface area contributed by atoms with Crippen LogP contribution in [0.15, 0.2) is 0 Å². The number of hydrogen-bond acceptors (Lipinski definition) is 0. The summed E-state index contributed by atoms with van der Waals surface area (Å²) in [6.07, 6.45) is 4.49. The molecule has 1 heteroatoms. The van der Waals surface area contributed by atoms with Crippen LogP contribution in [0.3, 0.4) is 0 Å². The normalized spacial score (nSPS) is 25.4. The van der Waals surface area contributed by atoms with E-state index in [4.69, 9.17) is 0 Å². The molecule has 0 nitrogen and oxygen atoms in total. The van der Waals surface area contributed by atoms with Crippen molar-refractivity contribution in [2.24, 2.45) is 0 Å². The fourth-order valence-corrected chi connectivity index (χ4v) is 1.07. The Balaban J connectivity index is 2.08. The van der Waals surface area contributed by atoms with E-state index in [1.165, 1.54) is 19.3 Å². The summed E-state index contributed by atoms with van der Waals surface area (Å²) in [5.74, 6) is 0. The molecule has 5 heavy (non-hydrogen) atoms. The van der Waals surface area contributed by atoms with Gasteiger partial charge in [-0.15, -0.1) is 0 Å². The summed E-state index contributed by atoms with van der Waals surface area (Å²) in [7, 11) is 0. The van der Waals surface area contributed by atoms with Crippen molar-refractivity contribution in [1.82, 2.24) is 0 Å². The maximum absolute atomic E-state index is 2.14. The minimum atomic E-state index is 1.09. The second-order valence-corrected chi connectivity index (χ2v) is 2.95. The minimum absolute atomic E-state index is 1.09. The Morgan fingerprint density at radius 2 is 1.80 bits per heavy atom. The average molecular weight is 79.4 g/mol. The van der Waals surface area contributed by atoms with Crippen LogP contribution < -0.4 is 0 Å². The molecule has 0 amide bonds. The zero-order valence-electron chi connectivity index (χ0n) is 3.41. The van der Waals surface area contributed by atoms with Crippen LogP contribution in [0.1, 0.15) is 19.3 Å². The minimum Gasteiger partial charge on any atom is -0.166 e. The van der Waals surface area contributed by atoms with Crippen molar-refractivity contribution in [1.29, 1.82) is 0 Å². The zero-order chi connectivity index (χ0) is 3.70. The Morgan fingerprint density at radius 1 is 1.40 bits per heavy atom. The third-order valence-electron chi connectivity index (χ3n) is 1.22. The second kappa shape index (κ2) is 1.48. The van der Waals surface area contributed by atoms with E-state index in [0.717, 1.165) is 4.05 Å². The molecule has 1 aliphatic rings. The molecule has 0 spiro atoms. The van der Waals surface area contributed by atoms with Gasteiger partial charge in [-0.2, -0.15) is 4.05 Å². The van der Waals surface area contributed by atoms with E-state index >= 15 is 0 Å². The summed E-state index contributed by atoms with van der Waals surface area (Å²) in [4.78, 5) is 0. The third-order valence-corrected chi connectivity index (χ3v) is 2.04. The van der Waals surface area contributed by atoms with Crippen LogP contribution in [-0.2, 0) is 0 Å². The van der Waals surface area contributed by atoms with E-state index < -0.39 is 0 Å². The number of rotatable bonds is 0. The van der Waals surface area contributed by atoms with Gasteiger partial charge in [-0.1, -0.05) is 19.3 Å². The van der Waals surface area contributed by atoms with Crippen molar-refractivity contribution in [3.05, 3.63) is 0 Å². The van der Waals surface area contributed by atoms with Gasteiger partial charge in [0.25, 0.3) is 0 Å². The van der Waals surface area contributed by atoms with Crippen molar-refractivity contribution in [2.45, 2.75) is 23.3 Å². The highest BCUT2D eigenvalue weighted by molar-refractivity contribution is 6.12. The molecule has 0 heterocycles. The topological polar surface area (TPSA) is 0 Å². The van der Waals surface area contributed by atoms with Crippen LogP contribution in [0, 0.1) is 0 Å². The lowest BCUT2D eigenvalue weighted by molar-refractivity contribution is 0.504. The van der Waals surface area contributed by atoms with E-state index in [9.17, 15) is 0 Å². The molecule has 1 fully saturated rings. The van der Waals surface area contributed by atoms with Gasteiger partial charge in [0.1, 0.15) is 0 Å². The molecule has 1 saturated carbocycles. The maximum atomic E-state index is 2.14. The van der Waals surface area contributed by atoms with E-state index in [1.54, 1.807) is 0 Å². The summed E-state index contributed by atoms with van der Waals surface area (Å²) in [5, 5.41) is 0. The van der Waals surface area contributed by atoms with Gasteiger partial charge in [0, 0.05) is 0 Å². The lowest BCUT2D eigenvalue weighted by Crippen LogP contribution is -2.02. The molecule has 0 unspecified atom stereocenters. The highest BCUT2D eigenvalue weighted by Gasteiger charge is 2.06. The molecule has 0 aliphatic heterocycles. The molecule has 0 saturated heterocycles. The molecule has 0 bridgehead atoms. The van der Waals surface area contributed by atoms with E-state index in [2.05, 4.69) is 21.7 Å². The van der Waals surface area contributed by atoms with Crippen molar-refractivity contribution in [2.75, 3.05) is 0 Å². The van der Waals surface area contributed by atoms with Crippen LogP contribution in [0.4, 0.5) is 0 Å². The Hall–Kier alpha value is 0.766. The standard InChI is InChI=1S/C4H7.Mg/c1-2-4-3-1;/h1H,2-4H2;. The molecule has 1 radical (unpaired) electrons. The molecule has 0 aromatic heterocycles. The van der Waals surface area contributed by atoms with Crippen LogP contribution in [0.2, 0.25) is 4.05 Å². The van der Waals surface area contributed by atoms with Gasteiger partial charge in [0.15, 0.2) is 0 Å². The third kappa shape index (κ3) is 0.797. The largest absolute Gasteiger partial charge is 0.227 e. The molecular weight excluding hydrogens is 72.3 g/mol. The molecule has 25 valence electrons. The van der Waals surface area contributed by atoms with Gasteiger partial charge >= 0.3 is 0 Å². The van der Waals surface area contributed by atoms with Gasteiger partial charge < -0.3 is 0 Å². The Kier molecular flexibility index (Phi) is 1.16. The monoisotopic (exact) mass is 79.0 g/mol. The van der Waals surface area contributed by atoms with Crippen molar-refractivity contribution >= 4 is 21.7 Å². The summed E-state index contributed by atoms with van der Waals surface area (Å²) in [6.45, 7) is 0. The zero-order valence-corrected chi connectivity index (χ0v) is 4.82. The average Bonchev–Trinajstić information content (AvgIpc) is 1.30. The van der Waals surface area contributed by atoms with Crippen LogP contribution in [0.25, 0.3) is 0 Å². The second-order valence-electron chi connectivity index (χ2n) is 1.80. The van der Waals surface area contributed by atoms with Crippen LogP contribution in [-0.4, -0.2) is 21.7 Å². The van der Waals surface area contributed by atoms with Gasteiger partial charge in [-0.3, -0.25) is 0 Å². The van der Waals surface area contributed by atoms with Gasteiger partial charge in [0.2, 0.25) is 21.7 Å². The summed E-state index contributed by atoms with van der Waals surface area (Å²) < 4.78 is 1.09. The smallest absolute Gasteiger partial charge is 0.166 e. The lowest BCUT2D eigenvalue weighted by Gasteiger charge is -2.22. The first kappa shape index (κ1) is 3.94. The van der Waals surface area contributed by atoms with Gasteiger partial charge in [-0.05, 0) is 0 Å². The van der Waals surface area contributed by atoms with Gasteiger partial charge in [0.05, 0.1) is 0 Å². The highest BCUT2D eigenvalue weighted by Crippen LogP contribution is 2.27. The number of hydrogen-bond donors (Lipinski definition) is 0. The first-order chi connectivity index (χ1) is 2.39. The fraction of sp³-hybridized carbons (Fsp3) is 1.00. The first-order valence-electron chi connectivity index (χ1n) is 2.22. The summed E-state index contributed by atoms with van der Waals surface area (Å²) in [6, 6.07) is 0. The quantitative estimate of drug-likeness (QED) is 0.382. The molecule has 1 aliphatic carbocycles. The summed E-state index contributed by atoms with van der Waals surface area (Å²) in [5.41, 5.74) is 0. The molecule has 1 rings (SSSR count). The molecule has 0 aromatic rings. The predicted octanol–water partition coefficient (Wildman–Crippen LogP) is 1.13. The highest BCUT2D eigenvalue weighted by atomic mass is 24.4. The fourth-order valence-electron chi connectivity index (χ4n) is 0.493. The van der Waals surface area contributed by atoms with Gasteiger partial charge in [-0.25, -0.2) is 0 Å². The molecule has 0 atom stereocenters. The Labute approximate surface area is 45.4 Å². The maximum Gasteiger partial charge on any atom is 0.227 e. The SMILES string of the molecule is [Mg][CH]1CCC1. The lowest BCUT2D eigenvalue weighted by atomic mass is 9.99. The molecule has 0 N–H and O–H groups in total. The van der Waals surface area contributed by atoms with Crippen molar-refractivity contribution < 1.29 is 0 Å². The Bertz CT molecular complexity index is 30.6. The predicted molar refractivity (Wildman–Crippen MR) is 23.4 cm³/mol. The van der Waals surface area contributed by atoms with Crippen molar-refractivity contribution in [3.8, 4) is 0 Å². The molecular formula is C4H7Mg.